The van der Waals surface area contributed by atoms with Crippen LogP contribution in [0.1, 0.15) is 73.1 Å². The number of fused-ring (bicyclic) bond motifs is 1. The van der Waals surface area contributed by atoms with Crippen LogP contribution in [0.15, 0.2) is 10.6 Å². The van der Waals surface area contributed by atoms with E-state index in [1.807, 2.05) is 19.9 Å². The normalized spacial score (nSPS) is 18.8. The molecule has 2 aliphatic carbocycles. The Kier molecular flexibility index (Phi) is 4.02. The van der Waals surface area contributed by atoms with Crippen molar-refractivity contribution in [2.75, 3.05) is 13.6 Å². The van der Waals surface area contributed by atoms with Crippen molar-refractivity contribution >= 4 is 17.0 Å². The summed E-state index contributed by atoms with van der Waals surface area (Å²) in [5, 5.41) is 15.1. The molecule has 2 aliphatic rings. The molecule has 1 unspecified atom stereocenters. The molecule has 6 nitrogen and oxygen atoms in total. The molecule has 1 N–H and O–H groups in total. The van der Waals surface area contributed by atoms with E-state index in [0.717, 1.165) is 42.5 Å². The Balaban J connectivity index is 1.72. The van der Waals surface area contributed by atoms with Gasteiger partial charge in [-0.15, -0.1) is 0 Å². The molecule has 2 fully saturated rings. The number of aliphatic hydroxyl groups excluding tert-OH is 1. The highest BCUT2D eigenvalue weighted by Gasteiger charge is 2.33. The highest BCUT2D eigenvalue weighted by Crippen LogP contribution is 2.41. The minimum Gasteiger partial charge on any atom is -0.391 e. The van der Waals surface area contributed by atoms with Crippen LogP contribution in [0.4, 0.5) is 0 Å². The Morgan fingerprint density at radius 2 is 2.08 bits per heavy atom. The number of carbonyl (C=O) groups is 1. The summed E-state index contributed by atoms with van der Waals surface area (Å²) in [7, 11) is 1.75. The second kappa shape index (κ2) is 6.09. The predicted octanol–water partition coefficient (Wildman–Crippen LogP) is 3.07. The van der Waals surface area contributed by atoms with Gasteiger partial charge in [0, 0.05) is 25.2 Å². The Morgan fingerprint density at radius 1 is 1.36 bits per heavy atom. The largest absolute Gasteiger partial charge is 0.391 e. The van der Waals surface area contributed by atoms with E-state index in [2.05, 4.69) is 10.1 Å². The summed E-state index contributed by atoms with van der Waals surface area (Å²) in [6.07, 6.45) is 3.87. The third kappa shape index (κ3) is 3.15. The van der Waals surface area contributed by atoms with Crippen molar-refractivity contribution in [1.82, 2.24) is 15.0 Å². The summed E-state index contributed by atoms with van der Waals surface area (Å²) in [4.78, 5) is 19.3. The lowest BCUT2D eigenvalue weighted by Gasteiger charge is -2.21. The van der Waals surface area contributed by atoms with Crippen LogP contribution < -0.4 is 0 Å². The van der Waals surface area contributed by atoms with Crippen LogP contribution in [0.5, 0.6) is 0 Å². The van der Waals surface area contributed by atoms with Gasteiger partial charge < -0.3 is 14.5 Å². The Morgan fingerprint density at radius 3 is 2.68 bits per heavy atom. The van der Waals surface area contributed by atoms with E-state index in [4.69, 9.17) is 4.52 Å². The van der Waals surface area contributed by atoms with E-state index in [-0.39, 0.29) is 11.8 Å². The smallest absolute Gasteiger partial charge is 0.259 e. The Labute approximate surface area is 147 Å². The molecular weight excluding hydrogens is 318 g/mol. The highest BCUT2D eigenvalue weighted by molar-refractivity contribution is 6.06. The third-order valence-corrected chi connectivity index (χ3v) is 5.24. The number of aromatic nitrogens is 2. The first-order chi connectivity index (χ1) is 12.0. The standard InChI is InChI=1S/C19H25N3O3/c1-10(2)17-16-13(19(24)22(3)9-15(23)12-6-7-12)8-14(11-4-5-11)20-18(16)25-21-17/h8,10-12,15,23H,4-7,9H2,1-3H3. The minimum absolute atomic E-state index is 0.0981. The first kappa shape index (κ1) is 16.5. The average molecular weight is 343 g/mol. The molecule has 134 valence electrons. The third-order valence-electron chi connectivity index (χ3n) is 5.24. The molecule has 0 saturated heterocycles. The lowest BCUT2D eigenvalue weighted by atomic mass is 10.0. The molecule has 0 bridgehead atoms. The maximum atomic E-state index is 13.1. The van der Waals surface area contributed by atoms with Crippen molar-refractivity contribution in [3.05, 3.63) is 23.0 Å². The first-order valence-corrected chi connectivity index (χ1v) is 9.19. The number of hydrogen-bond acceptors (Lipinski definition) is 5. The molecule has 2 aromatic heterocycles. The summed E-state index contributed by atoms with van der Waals surface area (Å²) >= 11 is 0. The van der Waals surface area contributed by atoms with Gasteiger partial charge >= 0.3 is 0 Å². The van der Waals surface area contributed by atoms with Crippen LogP contribution in [-0.4, -0.2) is 45.8 Å². The molecule has 2 aromatic rings. The van der Waals surface area contributed by atoms with Crippen molar-refractivity contribution < 1.29 is 14.4 Å². The molecule has 0 spiro atoms. The molecule has 0 radical (unpaired) electrons. The second-order valence-corrected chi connectivity index (χ2v) is 7.86. The van der Waals surface area contributed by atoms with Crippen LogP contribution in [-0.2, 0) is 0 Å². The zero-order chi connectivity index (χ0) is 17.7. The van der Waals surface area contributed by atoms with Crippen LogP contribution in [0.3, 0.4) is 0 Å². The van der Waals surface area contributed by atoms with Crippen molar-refractivity contribution in [2.24, 2.45) is 5.92 Å². The predicted molar refractivity (Wildman–Crippen MR) is 93.6 cm³/mol. The minimum atomic E-state index is -0.443. The van der Waals surface area contributed by atoms with E-state index < -0.39 is 6.10 Å². The molecule has 0 aliphatic heterocycles. The molecule has 25 heavy (non-hydrogen) atoms. The fraction of sp³-hybridized carbons (Fsp3) is 0.632. The topological polar surface area (TPSA) is 79.5 Å². The van der Waals surface area contributed by atoms with Gasteiger partial charge in [-0.2, -0.15) is 0 Å². The zero-order valence-corrected chi connectivity index (χ0v) is 15.0. The number of pyridine rings is 1. The van der Waals surface area contributed by atoms with Crippen molar-refractivity contribution in [1.29, 1.82) is 0 Å². The number of amides is 1. The van der Waals surface area contributed by atoms with Gasteiger partial charge in [0.1, 0.15) is 0 Å². The maximum Gasteiger partial charge on any atom is 0.259 e. The summed E-state index contributed by atoms with van der Waals surface area (Å²) in [5.74, 6) is 0.810. The van der Waals surface area contributed by atoms with Crippen molar-refractivity contribution in [3.8, 4) is 0 Å². The summed E-state index contributed by atoms with van der Waals surface area (Å²) < 4.78 is 5.45. The summed E-state index contributed by atoms with van der Waals surface area (Å²) in [5.41, 5.74) is 2.73. The van der Waals surface area contributed by atoms with Crippen LogP contribution >= 0.6 is 0 Å². The molecule has 0 aromatic carbocycles. The van der Waals surface area contributed by atoms with Gasteiger partial charge in [-0.3, -0.25) is 4.79 Å². The van der Waals surface area contributed by atoms with Crippen LogP contribution in [0, 0.1) is 5.92 Å². The van der Waals surface area contributed by atoms with Crippen LogP contribution in [0.25, 0.3) is 11.1 Å². The number of nitrogens with zero attached hydrogens (tertiary/aromatic N) is 3. The van der Waals surface area contributed by atoms with E-state index in [9.17, 15) is 9.90 Å². The molecule has 2 heterocycles. The fourth-order valence-electron chi connectivity index (χ4n) is 3.34. The number of hydrogen-bond donors (Lipinski definition) is 1. The molecular formula is C19H25N3O3. The maximum absolute atomic E-state index is 13.1. The highest BCUT2D eigenvalue weighted by atomic mass is 16.5. The molecule has 1 atom stereocenters. The van der Waals surface area contributed by atoms with Crippen molar-refractivity contribution in [2.45, 2.75) is 57.5 Å². The Bertz CT molecular complexity index is 806. The lowest BCUT2D eigenvalue weighted by Crippen LogP contribution is -2.35. The number of aliphatic hydroxyl groups is 1. The van der Waals surface area contributed by atoms with Gasteiger partial charge in [-0.05, 0) is 43.6 Å². The van der Waals surface area contributed by atoms with Crippen molar-refractivity contribution in [3.63, 3.8) is 0 Å². The SMILES string of the molecule is CC(C)c1noc2nc(C3CC3)cc(C(=O)N(C)CC(O)C3CC3)c12. The van der Waals surface area contributed by atoms with E-state index >= 15 is 0 Å². The Hall–Kier alpha value is -1.95. The van der Waals surface area contributed by atoms with Crippen LogP contribution in [0.2, 0.25) is 0 Å². The fourth-order valence-corrected chi connectivity index (χ4v) is 3.34. The second-order valence-electron chi connectivity index (χ2n) is 7.86. The van der Waals surface area contributed by atoms with Gasteiger partial charge in [0.05, 0.1) is 22.7 Å². The average Bonchev–Trinajstić information content (AvgIpc) is 3.48. The molecule has 6 heteroatoms. The lowest BCUT2D eigenvalue weighted by molar-refractivity contribution is 0.0647. The van der Waals surface area contributed by atoms with Gasteiger partial charge in [0.2, 0.25) is 0 Å². The summed E-state index contributed by atoms with van der Waals surface area (Å²) in [6, 6.07) is 1.91. The van der Waals surface area contributed by atoms with E-state index in [1.54, 1.807) is 11.9 Å². The quantitative estimate of drug-likeness (QED) is 0.872. The molecule has 2 saturated carbocycles. The van der Waals surface area contributed by atoms with Gasteiger partial charge in [-0.25, -0.2) is 4.98 Å². The molecule has 1 amide bonds. The monoisotopic (exact) mass is 343 g/mol. The summed E-state index contributed by atoms with van der Waals surface area (Å²) in [6.45, 7) is 4.41. The first-order valence-electron chi connectivity index (χ1n) is 9.19. The molecule has 4 rings (SSSR count). The zero-order valence-electron chi connectivity index (χ0n) is 15.0. The number of likely N-dealkylation sites (N-methyl/N-ethyl adjacent to an activating group) is 1. The van der Waals surface area contributed by atoms with E-state index in [1.165, 1.54) is 0 Å². The van der Waals surface area contributed by atoms with Gasteiger partial charge in [-0.1, -0.05) is 19.0 Å². The van der Waals surface area contributed by atoms with Gasteiger partial charge in [0.15, 0.2) is 0 Å². The number of rotatable bonds is 6. The van der Waals surface area contributed by atoms with E-state index in [0.29, 0.717) is 29.7 Å². The van der Waals surface area contributed by atoms with Gasteiger partial charge in [0.25, 0.3) is 11.6 Å². The number of carbonyl (C=O) groups excluding carboxylic acids is 1.